The lowest BCUT2D eigenvalue weighted by molar-refractivity contribution is 0.775. The molecule has 0 saturated carbocycles. The van der Waals surface area contributed by atoms with Crippen molar-refractivity contribution in [2.75, 3.05) is 7.05 Å². The average Bonchev–Trinajstić information content (AvgIpc) is 2.17. The summed E-state index contributed by atoms with van der Waals surface area (Å²) in [5.41, 5.74) is 3.90. The second-order valence-corrected chi connectivity index (χ2v) is 3.87. The van der Waals surface area contributed by atoms with Crippen molar-refractivity contribution in [3.63, 3.8) is 0 Å². The van der Waals surface area contributed by atoms with Crippen molar-refractivity contribution in [1.82, 2.24) is 0 Å². The molecule has 0 bridgehead atoms. The van der Waals surface area contributed by atoms with E-state index in [4.69, 9.17) is 0 Å². The molecule has 0 heterocycles. The molecule has 0 unspecified atom stereocenters. The van der Waals surface area contributed by atoms with E-state index >= 15 is 0 Å². The van der Waals surface area contributed by atoms with Gasteiger partial charge in [-0.25, -0.2) is 0 Å². The van der Waals surface area contributed by atoms with Crippen molar-refractivity contribution < 1.29 is 0 Å². The third-order valence-corrected chi connectivity index (χ3v) is 2.41. The van der Waals surface area contributed by atoms with Crippen LogP contribution in [0.3, 0.4) is 0 Å². The number of hydrogen-bond acceptors (Lipinski definition) is 1. The maximum absolute atomic E-state index is 4.09. The number of rotatable bonds is 4. The molecule has 0 aromatic heterocycles. The van der Waals surface area contributed by atoms with Crippen LogP contribution in [0.4, 0.5) is 0 Å². The molecule has 0 aliphatic carbocycles. The van der Waals surface area contributed by atoms with Crippen LogP contribution in [0.5, 0.6) is 0 Å². The predicted molar refractivity (Wildman–Crippen MR) is 70.5 cm³/mol. The lowest BCUT2D eigenvalue weighted by Gasteiger charge is -2.13. The minimum Gasteiger partial charge on any atom is -0.296 e. The second kappa shape index (κ2) is 7.22. The summed E-state index contributed by atoms with van der Waals surface area (Å²) in [5, 5.41) is 0. The Hall–Kier alpha value is -1.11. The first-order chi connectivity index (χ1) is 7.08. The summed E-state index contributed by atoms with van der Waals surface area (Å²) >= 11 is 0. The predicted octanol–water partition coefficient (Wildman–Crippen LogP) is 4.18. The molecule has 0 rings (SSSR count). The minimum absolute atomic E-state index is 0.556. The highest BCUT2D eigenvalue weighted by atomic mass is 14.6. The van der Waals surface area contributed by atoms with Gasteiger partial charge in [-0.2, -0.15) is 0 Å². The molecule has 84 valence electrons. The van der Waals surface area contributed by atoms with Crippen LogP contribution in [0.15, 0.2) is 39.9 Å². The molecule has 0 fully saturated rings. The fourth-order valence-electron chi connectivity index (χ4n) is 1.73. The fourth-order valence-corrected chi connectivity index (χ4v) is 1.73. The van der Waals surface area contributed by atoms with E-state index < -0.39 is 0 Å². The van der Waals surface area contributed by atoms with Gasteiger partial charge in [-0.3, -0.25) is 4.99 Å². The van der Waals surface area contributed by atoms with Gasteiger partial charge in [0.05, 0.1) is 0 Å². The minimum atomic E-state index is 0.556. The monoisotopic (exact) mass is 205 g/mol. The van der Waals surface area contributed by atoms with Crippen LogP contribution in [0.2, 0.25) is 0 Å². The van der Waals surface area contributed by atoms with E-state index in [9.17, 15) is 0 Å². The van der Waals surface area contributed by atoms with E-state index in [0.717, 1.165) is 0 Å². The second-order valence-electron chi connectivity index (χ2n) is 3.87. The highest BCUT2D eigenvalue weighted by molar-refractivity contribution is 5.84. The normalized spacial score (nSPS) is 15.5. The van der Waals surface area contributed by atoms with Gasteiger partial charge in [-0.1, -0.05) is 32.1 Å². The first-order valence-corrected chi connectivity index (χ1v) is 5.50. The van der Waals surface area contributed by atoms with Crippen molar-refractivity contribution >= 4 is 6.21 Å². The van der Waals surface area contributed by atoms with Crippen LogP contribution in [0.1, 0.15) is 34.6 Å². The Morgan fingerprint density at radius 2 is 1.80 bits per heavy atom. The molecule has 0 aromatic carbocycles. The van der Waals surface area contributed by atoms with Crippen LogP contribution < -0.4 is 0 Å². The molecule has 0 spiro atoms. The summed E-state index contributed by atoms with van der Waals surface area (Å²) in [6.45, 7) is 10.7. The number of aliphatic imine (C=N–C) groups is 1. The van der Waals surface area contributed by atoms with Crippen LogP contribution >= 0.6 is 0 Å². The molecule has 0 saturated heterocycles. The zero-order valence-electron chi connectivity index (χ0n) is 10.8. The van der Waals surface area contributed by atoms with Gasteiger partial charge in [0.15, 0.2) is 0 Å². The Balaban J connectivity index is 5.33. The summed E-state index contributed by atoms with van der Waals surface area (Å²) in [6, 6.07) is 0. The van der Waals surface area contributed by atoms with Gasteiger partial charge in [-0.05, 0) is 43.4 Å². The summed E-state index contributed by atoms with van der Waals surface area (Å²) in [7, 11) is 1.81. The summed E-state index contributed by atoms with van der Waals surface area (Å²) in [6.07, 6.45) is 8.26. The summed E-state index contributed by atoms with van der Waals surface area (Å²) in [4.78, 5) is 4.09. The number of hydrogen-bond donors (Lipinski definition) is 0. The van der Waals surface area contributed by atoms with Crippen LogP contribution in [0.25, 0.3) is 0 Å². The largest absolute Gasteiger partial charge is 0.296 e. The lowest BCUT2D eigenvalue weighted by Crippen LogP contribution is -1.99. The van der Waals surface area contributed by atoms with Crippen molar-refractivity contribution in [3.8, 4) is 0 Å². The zero-order chi connectivity index (χ0) is 11.8. The molecule has 0 radical (unpaired) electrons. The van der Waals surface area contributed by atoms with Crippen LogP contribution in [-0.2, 0) is 0 Å². The molecule has 0 aliphatic rings. The first-order valence-electron chi connectivity index (χ1n) is 5.50. The maximum Gasteiger partial charge on any atom is 0.0284 e. The van der Waals surface area contributed by atoms with E-state index in [-0.39, 0.29) is 0 Å². The van der Waals surface area contributed by atoms with Crippen molar-refractivity contribution in [3.05, 3.63) is 34.9 Å². The number of allylic oxidation sites excluding steroid dienone is 6. The molecule has 0 N–H and O–H groups in total. The van der Waals surface area contributed by atoms with E-state index in [1.807, 2.05) is 26.3 Å². The molecule has 1 heteroatoms. The fraction of sp³-hybridized carbons (Fsp3) is 0.500. The van der Waals surface area contributed by atoms with Crippen LogP contribution in [-0.4, -0.2) is 13.3 Å². The van der Waals surface area contributed by atoms with E-state index in [1.165, 1.54) is 16.7 Å². The Bertz CT molecular complexity index is 287. The Morgan fingerprint density at radius 1 is 1.20 bits per heavy atom. The molecular formula is C14H23N. The quantitative estimate of drug-likeness (QED) is 0.482. The molecule has 1 nitrogen and oxygen atoms in total. The lowest BCUT2D eigenvalue weighted by atomic mass is 9.92. The van der Waals surface area contributed by atoms with Gasteiger partial charge >= 0.3 is 0 Å². The number of nitrogens with zero attached hydrogens (tertiary/aromatic N) is 1. The molecule has 0 atom stereocenters. The highest BCUT2D eigenvalue weighted by Crippen LogP contribution is 2.22. The van der Waals surface area contributed by atoms with Gasteiger partial charge in [0.25, 0.3) is 0 Å². The van der Waals surface area contributed by atoms with E-state index in [2.05, 4.69) is 44.8 Å². The summed E-state index contributed by atoms with van der Waals surface area (Å²) in [5.74, 6) is 0.556. The molecule has 0 aliphatic heterocycles. The van der Waals surface area contributed by atoms with Crippen LogP contribution in [0, 0.1) is 5.92 Å². The molecular weight excluding hydrogens is 182 g/mol. The maximum atomic E-state index is 4.09. The van der Waals surface area contributed by atoms with Gasteiger partial charge in [0.1, 0.15) is 0 Å². The van der Waals surface area contributed by atoms with Gasteiger partial charge in [0, 0.05) is 13.3 Å². The summed E-state index contributed by atoms with van der Waals surface area (Å²) < 4.78 is 0. The Labute approximate surface area is 94.3 Å². The third-order valence-electron chi connectivity index (χ3n) is 2.41. The SMILES string of the molecule is C\C=C/C(C=NC)=C(C)\C(=C/C)C(C)C. The highest BCUT2D eigenvalue weighted by Gasteiger charge is 2.06. The van der Waals surface area contributed by atoms with E-state index in [0.29, 0.717) is 5.92 Å². The van der Waals surface area contributed by atoms with Gasteiger partial charge < -0.3 is 0 Å². The smallest absolute Gasteiger partial charge is 0.0284 e. The van der Waals surface area contributed by atoms with Crippen molar-refractivity contribution in [2.45, 2.75) is 34.6 Å². The molecule has 15 heavy (non-hydrogen) atoms. The van der Waals surface area contributed by atoms with E-state index in [1.54, 1.807) is 0 Å². The Kier molecular flexibility index (Phi) is 6.68. The molecule has 0 amide bonds. The first kappa shape index (κ1) is 13.9. The Morgan fingerprint density at radius 3 is 2.13 bits per heavy atom. The zero-order valence-corrected chi connectivity index (χ0v) is 10.8. The third kappa shape index (κ3) is 4.28. The van der Waals surface area contributed by atoms with Crippen molar-refractivity contribution in [1.29, 1.82) is 0 Å². The standard InChI is InChI=1S/C14H23N/c1-7-9-13(10-15-6)12(5)14(8-2)11(3)4/h7-11H,1-6H3/b9-7-,13-12+,14-8-,15-10?. The average molecular weight is 205 g/mol. The van der Waals surface area contributed by atoms with Gasteiger partial charge in [-0.15, -0.1) is 0 Å². The topological polar surface area (TPSA) is 12.4 Å². The van der Waals surface area contributed by atoms with Crippen molar-refractivity contribution in [2.24, 2.45) is 10.9 Å². The molecule has 0 aromatic rings. The van der Waals surface area contributed by atoms with Gasteiger partial charge in [0.2, 0.25) is 0 Å².